The fourth-order valence-electron chi connectivity index (χ4n) is 3.83. The number of anilines is 1. The van der Waals surface area contributed by atoms with E-state index in [0.29, 0.717) is 19.0 Å². The van der Waals surface area contributed by atoms with Crippen LogP contribution in [0.15, 0.2) is 24.3 Å². The minimum atomic E-state index is -0.216. The molecule has 5 heteroatoms. The number of methoxy groups -OCH3 is 1. The van der Waals surface area contributed by atoms with Gasteiger partial charge in [-0.2, -0.15) is 0 Å². The third-order valence-electron chi connectivity index (χ3n) is 5.24. The summed E-state index contributed by atoms with van der Waals surface area (Å²) < 4.78 is 5.16. The molecule has 2 aliphatic rings. The maximum absolute atomic E-state index is 12.9. The summed E-state index contributed by atoms with van der Waals surface area (Å²) in [5, 5.41) is 0. The number of amides is 2. The topological polar surface area (TPSA) is 49.9 Å². The van der Waals surface area contributed by atoms with Crippen LogP contribution >= 0.6 is 0 Å². The molecule has 2 aliphatic heterocycles. The van der Waals surface area contributed by atoms with Crippen LogP contribution in [0.1, 0.15) is 39.0 Å². The van der Waals surface area contributed by atoms with Gasteiger partial charge in [0.2, 0.25) is 11.8 Å². The Kier molecular flexibility index (Phi) is 5.07. The van der Waals surface area contributed by atoms with Crippen LogP contribution in [-0.2, 0) is 9.59 Å². The van der Waals surface area contributed by atoms with Crippen molar-refractivity contribution < 1.29 is 14.3 Å². The molecule has 2 amide bonds. The molecule has 2 fully saturated rings. The number of rotatable bonds is 4. The molecule has 1 aromatic carbocycles. The molecule has 1 aromatic rings. The standard InChI is InChI=1S/C19H26N2O3/c1-3-15-6-4-5-11-20(15)19(23)14-12-18(22)21(13-14)16-7-9-17(24-2)10-8-16/h7-10,14-15H,3-6,11-13H2,1-2H3/t14-,15-/m0/s1. The van der Waals surface area contributed by atoms with E-state index in [-0.39, 0.29) is 17.7 Å². The smallest absolute Gasteiger partial charge is 0.228 e. The molecule has 24 heavy (non-hydrogen) atoms. The number of ether oxygens (including phenoxy) is 1. The average Bonchev–Trinajstić information content (AvgIpc) is 3.03. The van der Waals surface area contributed by atoms with Crippen molar-refractivity contribution in [3.05, 3.63) is 24.3 Å². The van der Waals surface area contributed by atoms with Crippen molar-refractivity contribution in [3.63, 3.8) is 0 Å². The van der Waals surface area contributed by atoms with Crippen molar-refractivity contribution in [1.29, 1.82) is 0 Å². The van der Waals surface area contributed by atoms with Gasteiger partial charge in [0.25, 0.3) is 0 Å². The molecule has 0 saturated carbocycles. The molecule has 2 atom stereocenters. The first-order chi connectivity index (χ1) is 11.6. The Hall–Kier alpha value is -2.04. The van der Waals surface area contributed by atoms with Crippen LogP contribution in [0.3, 0.4) is 0 Å². The molecule has 2 saturated heterocycles. The van der Waals surface area contributed by atoms with Crippen molar-refractivity contribution in [2.75, 3.05) is 25.1 Å². The molecule has 0 N–H and O–H groups in total. The molecule has 0 aliphatic carbocycles. The Morgan fingerprint density at radius 1 is 1.25 bits per heavy atom. The van der Waals surface area contributed by atoms with Gasteiger partial charge in [-0.25, -0.2) is 0 Å². The fourth-order valence-corrected chi connectivity index (χ4v) is 3.83. The Morgan fingerprint density at radius 3 is 2.67 bits per heavy atom. The third kappa shape index (κ3) is 3.25. The summed E-state index contributed by atoms with van der Waals surface area (Å²) in [6.45, 7) is 3.46. The Balaban J connectivity index is 1.70. The lowest BCUT2D eigenvalue weighted by Gasteiger charge is -2.36. The maximum Gasteiger partial charge on any atom is 0.228 e. The molecule has 5 nitrogen and oxygen atoms in total. The van der Waals surface area contributed by atoms with Crippen molar-refractivity contribution in [2.45, 2.75) is 45.1 Å². The molecule has 3 rings (SSSR count). The van der Waals surface area contributed by atoms with Crippen LogP contribution in [0.2, 0.25) is 0 Å². The van der Waals surface area contributed by atoms with Crippen molar-refractivity contribution >= 4 is 17.5 Å². The predicted molar refractivity (Wildman–Crippen MR) is 93.1 cm³/mol. The Bertz CT molecular complexity index is 599. The third-order valence-corrected chi connectivity index (χ3v) is 5.24. The first-order valence-corrected chi connectivity index (χ1v) is 8.89. The van der Waals surface area contributed by atoms with E-state index in [9.17, 15) is 9.59 Å². The number of likely N-dealkylation sites (tertiary alicyclic amines) is 1. The average molecular weight is 330 g/mol. The molecule has 130 valence electrons. The van der Waals surface area contributed by atoms with Gasteiger partial charge in [-0.3, -0.25) is 9.59 Å². The lowest BCUT2D eigenvalue weighted by Crippen LogP contribution is -2.46. The van der Waals surface area contributed by atoms with E-state index >= 15 is 0 Å². The largest absolute Gasteiger partial charge is 0.497 e. The highest BCUT2D eigenvalue weighted by Gasteiger charge is 2.39. The number of nitrogens with zero attached hydrogens (tertiary/aromatic N) is 2. The first kappa shape index (κ1) is 16.8. The second-order valence-electron chi connectivity index (χ2n) is 6.69. The van der Waals surface area contributed by atoms with Crippen LogP contribution in [0.5, 0.6) is 5.75 Å². The van der Waals surface area contributed by atoms with Crippen molar-refractivity contribution in [1.82, 2.24) is 4.90 Å². The summed E-state index contributed by atoms with van der Waals surface area (Å²) in [6.07, 6.45) is 4.67. The van der Waals surface area contributed by atoms with Gasteiger partial charge in [-0.05, 0) is 49.9 Å². The van der Waals surface area contributed by atoms with E-state index in [1.807, 2.05) is 29.2 Å². The number of hydrogen-bond acceptors (Lipinski definition) is 3. The Morgan fingerprint density at radius 2 is 2.00 bits per heavy atom. The van der Waals surface area contributed by atoms with Gasteiger partial charge in [-0.15, -0.1) is 0 Å². The van der Waals surface area contributed by atoms with E-state index in [0.717, 1.165) is 37.2 Å². The maximum atomic E-state index is 12.9. The van der Waals surface area contributed by atoms with Gasteiger partial charge >= 0.3 is 0 Å². The van der Waals surface area contributed by atoms with Crippen molar-refractivity contribution in [3.8, 4) is 5.75 Å². The van der Waals surface area contributed by atoms with E-state index in [4.69, 9.17) is 4.74 Å². The molecule has 0 spiro atoms. The van der Waals surface area contributed by atoms with E-state index in [2.05, 4.69) is 6.92 Å². The van der Waals surface area contributed by atoms with E-state index in [1.165, 1.54) is 6.42 Å². The minimum Gasteiger partial charge on any atom is -0.497 e. The molecule has 0 unspecified atom stereocenters. The van der Waals surface area contributed by atoms with Gasteiger partial charge < -0.3 is 14.5 Å². The van der Waals surface area contributed by atoms with Gasteiger partial charge in [-0.1, -0.05) is 6.92 Å². The number of hydrogen-bond donors (Lipinski definition) is 0. The highest BCUT2D eigenvalue weighted by Crippen LogP contribution is 2.30. The van der Waals surface area contributed by atoms with Crippen LogP contribution in [0, 0.1) is 5.92 Å². The second-order valence-corrected chi connectivity index (χ2v) is 6.69. The monoisotopic (exact) mass is 330 g/mol. The molecule has 0 radical (unpaired) electrons. The zero-order valence-corrected chi connectivity index (χ0v) is 14.5. The second kappa shape index (κ2) is 7.24. The predicted octanol–water partition coefficient (Wildman–Crippen LogP) is 2.84. The molecule has 2 heterocycles. The van der Waals surface area contributed by atoms with Crippen LogP contribution in [-0.4, -0.2) is 43.0 Å². The Labute approximate surface area is 143 Å². The van der Waals surface area contributed by atoms with Crippen molar-refractivity contribution in [2.24, 2.45) is 5.92 Å². The van der Waals surface area contributed by atoms with Crippen LogP contribution in [0.25, 0.3) is 0 Å². The van der Waals surface area contributed by atoms with E-state index in [1.54, 1.807) is 12.0 Å². The lowest BCUT2D eigenvalue weighted by atomic mass is 9.97. The number of carbonyl (C=O) groups is 2. The van der Waals surface area contributed by atoms with E-state index < -0.39 is 0 Å². The van der Waals surface area contributed by atoms with Crippen LogP contribution in [0.4, 0.5) is 5.69 Å². The SMILES string of the molecule is CC[C@H]1CCCCN1C(=O)[C@H]1CC(=O)N(c2ccc(OC)cc2)C1. The molecule has 0 aromatic heterocycles. The molecular formula is C19H26N2O3. The quantitative estimate of drug-likeness (QED) is 0.853. The summed E-state index contributed by atoms with van der Waals surface area (Å²) in [5.41, 5.74) is 0.835. The fraction of sp³-hybridized carbons (Fsp3) is 0.579. The number of carbonyl (C=O) groups excluding carboxylic acids is 2. The minimum absolute atomic E-state index is 0.0311. The zero-order valence-electron chi connectivity index (χ0n) is 14.5. The van der Waals surface area contributed by atoms with Gasteiger partial charge in [0, 0.05) is 31.2 Å². The summed E-state index contributed by atoms with van der Waals surface area (Å²) in [7, 11) is 1.62. The van der Waals surface area contributed by atoms with Gasteiger partial charge in [0.15, 0.2) is 0 Å². The summed E-state index contributed by atoms with van der Waals surface area (Å²) in [4.78, 5) is 29.1. The van der Waals surface area contributed by atoms with Gasteiger partial charge in [0.1, 0.15) is 5.75 Å². The summed E-state index contributed by atoms with van der Waals surface area (Å²) in [5.74, 6) is 0.735. The van der Waals surface area contributed by atoms with Crippen LogP contribution < -0.4 is 9.64 Å². The zero-order chi connectivity index (χ0) is 17.1. The lowest BCUT2D eigenvalue weighted by molar-refractivity contribution is -0.139. The van der Waals surface area contributed by atoms with Gasteiger partial charge in [0.05, 0.1) is 13.0 Å². The molecular weight excluding hydrogens is 304 g/mol. The number of piperidine rings is 1. The summed E-state index contributed by atoms with van der Waals surface area (Å²) >= 11 is 0. The highest BCUT2D eigenvalue weighted by molar-refractivity contribution is 6.00. The normalized spacial score (nSPS) is 24.3. The highest BCUT2D eigenvalue weighted by atomic mass is 16.5. The summed E-state index contributed by atoms with van der Waals surface area (Å²) in [6, 6.07) is 7.78. The molecule has 0 bridgehead atoms. The first-order valence-electron chi connectivity index (χ1n) is 8.89. The number of benzene rings is 1.